The molecule has 0 saturated carbocycles. The lowest BCUT2D eigenvalue weighted by atomic mass is 10.1. The number of ether oxygens (including phenoxy) is 1. The number of amides is 1. The number of H-pyrrole nitrogens is 1. The van der Waals surface area contributed by atoms with Crippen molar-refractivity contribution in [1.29, 1.82) is 0 Å². The second-order valence-electron chi connectivity index (χ2n) is 5.97. The summed E-state index contributed by atoms with van der Waals surface area (Å²) >= 11 is 0. The summed E-state index contributed by atoms with van der Waals surface area (Å²) in [6.45, 7) is 3.89. The van der Waals surface area contributed by atoms with Crippen LogP contribution < -0.4 is 10.1 Å². The lowest BCUT2D eigenvalue weighted by molar-refractivity contribution is 0.0952. The minimum Gasteiger partial charge on any atom is -0.484 e. The van der Waals surface area contributed by atoms with Crippen LogP contribution in [-0.2, 0) is 7.05 Å². The maximum atomic E-state index is 12.2. The van der Waals surface area contributed by atoms with Crippen molar-refractivity contribution in [3.63, 3.8) is 0 Å². The van der Waals surface area contributed by atoms with Gasteiger partial charge in [-0.3, -0.25) is 9.48 Å². The van der Waals surface area contributed by atoms with Crippen molar-refractivity contribution < 1.29 is 9.53 Å². The van der Waals surface area contributed by atoms with E-state index in [-0.39, 0.29) is 12.0 Å². The molecule has 0 spiro atoms. The fraction of sp³-hybridized carbons (Fsp3) is 0.263. The maximum Gasteiger partial charge on any atom is 0.271 e. The van der Waals surface area contributed by atoms with Gasteiger partial charge in [-0.25, -0.2) is 0 Å². The number of aromatic nitrogens is 3. The normalized spacial score (nSPS) is 12.0. The van der Waals surface area contributed by atoms with Gasteiger partial charge in [0.15, 0.2) is 5.75 Å². The summed E-state index contributed by atoms with van der Waals surface area (Å²) in [5.41, 5.74) is 4.04. The fourth-order valence-corrected chi connectivity index (χ4v) is 2.81. The molecule has 2 heterocycles. The predicted molar refractivity (Wildman–Crippen MR) is 96.6 cm³/mol. The highest BCUT2D eigenvalue weighted by Crippen LogP contribution is 2.31. The highest BCUT2D eigenvalue weighted by Gasteiger charge is 2.20. The number of hydrogen-bond acceptors (Lipinski definition) is 3. The minimum absolute atomic E-state index is 0.179. The van der Waals surface area contributed by atoms with Crippen LogP contribution in [0.1, 0.15) is 34.8 Å². The third-order valence-corrected chi connectivity index (χ3v) is 4.09. The number of rotatable bonds is 5. The molecule has 6 heteroatoms. The second-order valence-corrected chi connectivity index (χ2v) is 5.97. The molecular formula is C19H22N4O2. The maximum absolute atomic E-state index is 12.2. The molecule has 1 amide bonds. The Bertz CT molecular complexity index is 880. The van der Waals surface area contributed by atoms with Crippen molar-refractivity contribution in [1.82, 2.24) is 20.1 Å². The van der Waals surface area contributed by atoms with E-state index in [1.807, 2.05) is 63.4 Å². The molecule has 25 heavy (non-hydrogen) atoms. The first-order valence-electron chi connectivity index (χ1n) is 8.17. The van der Waals surface area contributed by atoms with Crippen molar-refractivity contribution in [2.24, 2.45) is 7.05 Å². The summed E-state index contributed by atoms with van der Waals surface area (Å²) < 4.78 is 7.86. The molecule has 0 fully saturated rings. The minimum atomic E-state index is -0.222. The van der Waals surface area contributed by atoms with Crippen LogP contribution in [0.5, 0.6) is 5.75 Å². The van der Waals surface area contributed by atoms with Crippen LogP contribution in [0.3, 0.4) is 0 Å². The highest BCUT2D eigenvalue weighted by molar-refractivity contribution is 5.96. The number of hydrogen-bond donors (Lipinski definition) is 2. The standard InChI is InChI=1S/C19H22N4O2/c1-12-10-16(23(4)22-12)15-11-17(18(21-15)19(24)20-3)25-13(2)14-8-6-5-7-9-14/h5-11,13,21H,1-4H3,(H,20,24)/t13-/m1/s1. The van der Waals surface area contributed by atoms with Crippen molar-refractivity contribution in [3.8, 4) is 17.1 Å². The Morgan fingerprint density at radius 3 is 2.60 bits per heavy atom. The summed E-state index contributed by atoms with van der Waals surface area (Å²) in [5, 5.41) is 7.00. The zero-order chi connectivity index (χ0) is 18.0. The molecule has 0 saturated heterocycles. The Hall–Kier alpha value is -3.02. The molecule has 0 bridgehead atoms. The van der Waals surface area contributed by atoms with E-state index in [0.29, 0.717) is 11.4 Å². The number of aromatic amines is 1. The summed E-state index contributed by atoms with van der Waals surface area (Å²) in [4.78, 5) is 15.4. The molecule has 130 valence electrons. The van der Waals surface area contributed by atoms with Crippen LogP contribution in [0.25, 0.3) is 11.4 Å². The quantitative estimate of drug-likeness (QED) is 0.750. The number of nitrogens with zero attached hydrogens (tertiary/aromatic N) is 2. The van der Waals surface area contributed by atoms with E-state index >= 15 is 0 Å². The van der Waals surface area contributed by atoms with Gasteiger partial charge in [-0.2, -0.15) is 5.10 Å². The van der Waals surface area contributed by atoms with E-state index in [4.69, 9.17) is 4.74 Å². The highest BCUT2D eigenvalue weighted by atomic mass is 16.5. The summed E-state index contributed by atoms with van der Waals surface area (Å²) in [5.74, 6) is 0.296. The van der Waals surface area contributed by atoms with Crippen molar-refractivity contribution in [3.05, 3.63) is 59.4 Å². The topological polar surface area (TPSA) is 71.9 Å². The molecule has 0 unspecified atom stereocenters. The molecule has 0 aliphatic heterocycles. The fourth-order valence-electron chi connectivity index (χ4n) is 2.81. The molecule has 0 aliphatic carbocycles. The van der Waals surface area contributed by atoms with E-state index in [2.05, 4.69) is 15.4 Å². The number of carbonyl (C=O) groups excluding carboxylic acids is 1. The Balaban J connectivity index is 1.97. The van der Waals surface area contributed by atoms with Crippen LogP contribution in [0.4, 0.5) is 0 Å². The van der Waals surface area contributed by atoms with Gasteiger partial charge in [-0.15, -0.1) is 0 Å². The van der Waals surface area contributed by atoms with Gasteiger partial charge in [-0.05, 0) is 25.5 Å². The lowest BCUT2D eigenvalue weighted by Gasteiger charge is -2.14. The molecule has 1 aromatic carbocycles. The van der Waals surface area contributed by atoms with Gasteiger partial charge < -0.3 is 15.0 Å². The van der Waals surface area contributed by atoms with Crippen LogP contribution >= 0.6 is 0 Å². The molecular weight excluding hydrogens is 316 g/mol. The SMILES string of the molecule is CNC(=O)c1[nH]c(-c2cc(C)nn2C)cc1O[C@H](C)c1ccccc1. The average molecular weight is 338 g/mol. The Kier molecular flexibility index (Phi) is 4.61. The van der Waals surface area contributed by atoms with Crippen LogP contribution in [0.2, 0.25) is 0 Å². The van der Waals surface area contributed by atoms with Gasteiger partial charge in [-0.1, -0.05) is 30.3 Å². The van der Waals surface area contributed by atoms with Crippen LogP contribution in [-0.4, -0.2) is 27.7 Å². The summed E-state index contributed by atoms with van der Waals surface area (Å²) in [6, 6.07) is 13.7. The van der Waals surface area contributed by atoms with E-state index in [1.54, 1.807) is 11.7 Å². The van der Waals surface area contributed by atoms with Gasteiger partial charge >= 0.3 is 0 Å². The number of aryl methyl sites for hydroxylation is 2. The van der Waals surface area contributed by atoms with Crippen molar-refractivity contribution in [2.75, 3.05) is 7.05 Å². The van der Waals surface area contributed by atoms with Gasteiger partial charge in [0.05, 0.1) is 17.1 Å². The largest absolute Gasteiger partial charge is 0.484 e. The van der Waals surface area contributed by atoms with Crippen molar-refractivity contribution >= 4 is 5.91 Å². The molecule has 2 N–H and O–H groups in total. The summed E-state index contributed by atoms with van der Waals surface area (Å²) in [6.07, 6.45) is -0.179. The average Bonchev–Trinajstić information content (AvgIpc) is 3.17. The van der Waals surface area contributed by atoms with Gasteiger partial charge in [0, 0.05) is 20.2 Å². The smallest absolute Gasteiger partial charge is 0.271 e. The second kappa shape index (κ2) is 6.84. The third kappa shape index (κ3) is 3.42. The first-order chi connectivity index (χ1) is 12.0. The van der Waals surface area contributed by atoms with E-state index in [0.717, 1.165) is 22.6 Å². The molecule has 1 atom stereocenters. The first-order valence-corrected chi connectivity index (χ1v) is 8.17. The predicted octanol–water partition coefficient (Wildman–Crippen LogP) is 3.22. The molecule has 0 aliphatic rings. The monoisotopic (exact) mass is 338 g/mol. The van der Waals surface area contributed by atoms with E-state index in [1.165, 1.54) is 0 Å². The number of benzene rings is 1. The first kappa shape index (κ1) is 16.8. The zero-order valence-electron chi connectivity index (χ0n) is 14.8. The van der Waals surface area contributed by atoms with Gasteiger partial charge in [0.25, 0.3) is 5.91 Å². The molecule has 6 nitrogen and oxygen atoms in total. The molecule has 0 radical (unpaired) electrons. The zero-order valence-corrected chi connectivity index (χ0v) is 14.8. The Morgan fingerprint density at radius 2 is 2.00 bits per heavy atom. The number of nitrogens with one attached hydrogen (secondary N) is 2. The lowest BCUT2D eigenvalue weighted by Crippen LogP contribution is -2.19. The molecule has 3 aromatic rings. The van der Waals surface area contributed by atoms with Crippen LogP contribution in [0, 0.1) is 6.92 Å². The number of carbonyl (C=O) groups is 1. The summed E-state index contributed by atoms with van der Waals surface area (Å²) in [7, 11) is 3.47. The molecule has 3 rings (SSSR count). The Labute approximate surface area is 146 Å². The molecule has 2 aromatic heterocycles. The third-order valence-electron chi connectivity index (χ3n) is 4.09. The van der Waals surface area contributed by atoms with E-state index in [9.17, 15) is 4.79 Å². The Morgan fingerprint density at radius 1 is 1.28 bits per heavy atom. The van der Waals surface area contributed by atoms with Crippen molar-refractivity contribution in [2.45, 2.75) is 20.0 Å². The van der Waals surface area contributed by atoms with Gasteiger partial charge in [0.2, 0.25) is 0 Å². The van der Waals surface area contributed by atoms with E-state index < -0.39 is 0 Å². The van der Waals surface area contributed by atoms with Crippen LogP contribution in [0.15, 0.2) is 42.5 Å². The van der Waals surface area contributed by atoms with Gasteiger partial charge in [0.1, 0.15) is 11.8 Å².